The number of aromatic nitrogens is 1. The van der Waals surface area contributed by atoms with E-state index in [2.05, 4.69) is 10.3 Å². The molecule has 0 aliphatic rings. The van der Waals surface area contributed by atoms with E-state index in [9.17, 15) is 9.59 Å². The van der Waals surface area contributed by atoms with Crippen molar-refractivity contribution in [1.82, 2.24) is 10.3 Å². The van der Waals surface area contributed by atoms with Gasteiger partial charge in [-0.1, -0.05) is 27.7 Å². The van der Waals surface area contributed by atoms with E-state index in [0.29, 0.717) is 12.1 Å². The third-order valence-corrected chi connectivity index (χ3v) is 3.70. The maximum atomic E-state index is 11.9. The van der Waals surface area contributed by atoms with Gasteiger partial charge in [-0.15, -0.1) is 11.3 Å². The van der Waals surface area contributed by atoms with Crippen LogP contribution >= 0.6 is 11.3 Å². The molecule has 0 saturated heterocycles. The van der Waals surface area contributed by atoms with Crippen LogP contribution in [0.15, 0.2) is 5.38 Å². The highest BCUT2D eigenvalue weighted by atomic mass is 32.1. The second-order valence-electron chi connectivity index (χ2n) is 5.22. The summed E-state index contributed by atoms with van der Waals surface area (Å²) in [7, 11) is 0. The summed E-state index contributed by atoms with van der Waals surface area (Å²) in [5.41, 5.74) is 0.295. The van der Waals surface area contributed by atoms with Crippen molar-refractivity contribution >= 4 is 23.2 Å². The largest absolute Gasteiger partial charge is 0.480 e. The van der Waals surface area contributed by atoms with E-state index in [1.54, 1.807) is 5.38 Å². The predicted molar refractivity (Wildman–Crippen MR) is 74.5 cm³/mol. The van der Waals surface area contributed by atoms with Crippen LogP contribution in [-0.4, -0.2) is 28.0 Å². The Hall–Kier alpha value is -1.43. The SMILES string of the molecule is CC(C)C[C@@H](NC(=O)c1csc(C(C)C)n1)C(=O)O. The van der Waals surface area contributed by atoms with Crippen molar-refractivity contribution in [3.8, 4) is 0 Å². The molecule has 1 aromatic rings. The number of carbonyl (C=O) groups excluding carboxylic acids is 1. The lowest BCUT2D eigenvalue weighted by molar-refractivity contribution is -0.139. The van der Waals surface area contributed by atoms with Crippen LogP contribution in [0.4, 0.5) is 0 Å². The van der Waals surface area contributed by atoms with E-state index < -0.39 is 17.9 Å². The van der Waals surface area contributed by atoms with Crippen LogP contribution in [0.2, 0.25) is 0 Å². The quantitative estimate of drug-likeness (QED) is 0.841. The summed E-state index contributed by atoms with van der Waals surface area (Å²) >= 11 is 1.42. The predicted octanol–water partition coefficient (Wildman–Crippen LogP) is 2.50. The number of rotatable bonds is 6. The standard InChI is InChI=1S/C13H20N2O3S/c1-7(2)5-9(13(17)18)14-11(16)10-6-19-12(15-10)8(3)4/h6-9H,5H2,1-4H3,(H,14,16)(H,17,18)/t9-/m1/s1. The van der Waals surface area contributed by atoms with E-state index in [4.69, 9.17) is 5.11 Å². The number of hydrogen-bond donors (Lipinski definition) is 2. The summed E-state index contributed by atoms with van der Waals surface area (Å²) in [6.07, 6.45) is 0.405. The number of carboxylic acid groups (broad SMARTS) is 1. The van der Waals surface area contributed by atoms with Crippen LogP contribution < -0.4 is 5.32 Å². The van der Waals surface area contributed by atoms with Gasteiger partial charge in [0.2, 0.25) is 0 Å². The molecular formula is C13H20N2O3S. The second-order valence-corrected chi connectivity index (χ2v) is 6.11. The fourth-order valence-corrected chi connectivity index (χ4v) is 2.40. The molecule has 0 aliphatic carbocycles. The summed E-state index contributed by atoms with van der Waals surface area (Å²) in [5, 5.41) is 14.1. The third kappa shape index (κ3) is 4.63. The summed E-state index contributed by atoms with van der Waals surface area (Å²) in [6, 6.07) is -0.864. The third-order valence-electron chi connectivity index (χ3n) is 2.56. The Bertz CT molecular complexity index is 454. The van der Waals surface area contributed by atoms with Crippen molar-refractivity contribution in [2.24, 2.45) is 5.92 Å². The van der Waals surface area contributed by atoms with Crippen molar-refractivity contribution < 1.29 is 14.7 Å². The van der Waals surface area contributed by atoms with Gasteiger partial charge in [-0.3, -0.25) is 4.79 Å². The van der Waals surface area contributed by atoms with Crippen LogP contribution in [0.3, 0.4) is 0 Å². The molecule has 1 amide bonds. The first-order chi connectivity index (χ1) is 8.81. The van der Waals surface area contributed by atoms with Gasteiger partial charge in [0.05, 0.1) is 5.01 Å². The molecule has 0 aromatic carbocycles. The number of hydrogen-bond acceptors (Lipinski definition) is 4. The lowest BCUT2D eigenvalue weighted by atomic mass is 10.0. The van der Waals surface area contributed by atoms with Gasteiger partial charge in [0.25, 0.3) is 5.91 Å². The highest BCUT2D eigenvalue weighted by Crippen LogP contribution is 2.19. The molecule has 6 heteroatoms. The summed E-state index contributed by atoms with van der Waals surface area (Å²) in [5.74, 6) is -0.974. The molecule has 0 aliphatic heterocycles. The van der Waals surface area contributed by atoms with Gasteiger partial charge >= 0.3 is 5.97 Å². The van der Waals surface area contributed by atoms with E-state index in [0.717, 1.165) is 5.01 Å². The van der Waals surface area contributed by atoms with Gasteiger partial charge in [-0.2, -0.15) is 0 Å². The first-order valence-corrected chi connectivity index (χ1v) is 7.18. The molecule has 1 atom stereocenters. The van der Waals surface area contributed by atoms with Gasteiger partial charge in [0.1, 0.15) is 11.7 Å². The van der Waals surface area contributed by atoms with Crippen LogP contribution in [-0.2, 0) is 4.79 Å². The van der Waals surface area contributed by atoms with Gasteiger partial charge < -0.3 is 10.4 Å². The number of nitrogens with zero attached hydrogens (tertiary/aromatic N) is 1. The molecule has 2 N–H and O–H groups in total. The molecule has 0 bridgehead atoms. The molecule has 5 nitrogen and oxygen atoms in total. The highest BCUT2D eigenvalue weighted by molar-refractivity contribution is 7.09. The molecular weight excluding hydrogens is 264 g/mol. The van der Waals surface area contributed by atoms with Crippen LogP contribution in [0.5, 0.6) is 0 Å². The number of thiazole rings is 1. The fraction of sp³-hybridized carbons (Fsp3) is 0.615. The minimum absolute atomic E-state index is 0.197. The van der Waals surface area contributed by atoms with Gasteiger partial charge in [-0.05, 0) is 12.3 Å². The number of amides is 1. The zero-order valence-corrected chi connectivity index (χ0v) is 12.5. The Morgan fingerprint density at radius 1 is 1.37 bits per heavy atom. The Morgan fingerprint density at radius 3 is 2.42 bits per heavy atom. The van der Waals surface area contributed by atoms with Gasteiger partial charge in [0.15, 0.2) is 0 Å². The molecule has 1 rings (SSSR count). The average molecular weight is 284 g/mol. The number of nitrogens with one attached hydrogen (secondary N) is 1. The Kier molecular flexibility index (Phi) is 5.47. The molecule has 1 aromatic heterocycles. The number of carboxylic acids is 1. The fourth-order valence-electron chi connectivity index (χ4n) is 1.58. The van der Waals surface area contributed by atoms with E-state index in [1.807, 2.05) is 27.7 Å². The zero-order chi connectivity index (χ0) is 14.6. The van der Waals surface area contributed by atoms with Crippen molar-refractivity contribution in [3.63, 3.8) is 0 Å². The first-order valence-electron chi connectivity index (χ1n) is 6.30. The highest BCUT2D eigenvalue weighted by Gasteiger charge is 2.23. The molecule has 0 unspecified atom stereocenters. The molecule has 1 heterocycles. The zero-order valence-electron chi connectivity index (χ0n) is 11.6. The van der Waals surface area contributed by atoms with Gasteiger partial charge in [-0.25, -0.2) is 9.78 Å². The lowest BCUT2D eigenvalue weighted by Crippen LogP contribution is -2.41. The van der Waals surface area contributed by atoms with Crippen molar-refractivity contribution in [1.29, 1.82) is 0 Å². The monoisotopic (exact) mass is 284 g/mol. The molecule has 19 heavy (non-hydrogen) atoms. The molecule has 0 radical (unpaired) electrons. The molecule has 0 saturated carbocycles. The average Bonchev–Trinajstić information content (AvgIpc) is 2.76. The van der Waals surface area contributed by atoms with Crippen molar-refractivity contribution in [3.05, 3.63) is 16.1 Å². The van der Waals surface area contributed by atoms with Crippen LogP contribution in [0, 0.1) is 5.92 Å². The van der Waals surface area contributed by atoms with Gasteiger partial charge in [0, 0.05) is 11.3 Å². The Morgan fingerprint density at radius 2 is 2.00 bits per heavy atom. The maximum absolute atomic E-state index is 11.9. The minimum atomic E-state index is -1.01. The number of aliphatic carboxylic acids is 1. The summed E-state index contributed by atoms with van der Waals surface area (Å²) < 4.78 is 0. The van der Waals surface area contributed by atoms with Crippen LogP contribution in [0.1, 0.15) is 55.5 Å². The summed E-state index contributed by atoms with van der Waals surface area (Å²) in [4.78, 5) is 27.2. The van der Waals surface area contributed by atoms with Crippen LogP contribution in [0.25, 0.3) is 0 Å². The first kappa shape index (κ1) is 15.6. The molecule has 0 fully saturated rings. The van der Waals surface area contributed by atoms with E-state index in [1.165, 1.54) is 11.3 Å². The second kappa shape index (κ2) is 6.65. The van der Waals surface area contributed by atoms with E-state index >= 15 is 0 Å². The smallest absolute Gasteiger partial charge is 0.326 e. The van der Waals surface area contributed by atoms with Crippen molar-refractivity contribution in [2.75, 3.05) is 0 Å². The normalized spacial score (nSPS) is 12.7. The topological polar surface area (TPSA) is 79.3 Å². The van der Waals surface area contributed by atoms with Crippen molar-refractivity contribution in [2.45, 2.75) is 46.1 Å². The Labute approximate surface area is 117 Å². The molecule has 106 valence electrons. The molecule has 0 spiro atoms. The Balaban J connectivity index is 2.73. The summed E-state index contributed by atoms with van der Waals surface area (Å²) in [6.45, 7) is 7.84. The maximum Gasteiger partial charge on any atom is 0.326 e. The van der Waals surface area contributed by atoms with E-state index in [-0.39, 0.29) is 11.8 Å². The lowest BCUT2D eigenvalue weighted by Gasteiger charge is -2.15. The minimum Gasteiger partial charge on any atom is -0.480 e. The number of carbonyl (C=O) groups is 2.